The molecule has 0 aromatic carbocycles. The van der Waals surface area contributed by atoms with Crippen LogP contribution in [-0.4, -0.2) is 20.1 Å². The molecule has 2 rings (SSSR count). The standard InChI is InChI=1S/C15H25NO4S/c1-4-15(7-5-6-8-15)10-16-21(18,19)14-12(3)20-11(2)13(14)9-17/h16-17H,4-10H2,1-3H3. The normalized spacial score (nSPS) is 18.3. The van der Waals surface area contributed by atoms with Gasteiger partial charge in [-0.25, -0.2) is 13.1 Å². The van der Waals surface area contributed by atoms with Crippen molar-refractivity contribution in [2.24, 2.45) is 5.41 Å². The van der Waals surface area contributed by atoms with Crippen LogP contribution < -0.4 is 4.72 Å². The first kappa shape index (κ1) is 16.5. The van der Waals surface area contributed by atoms with Crippen molar-refractivity contribution in [2.75, 3.05) is 6.54 Å². The molecule has 1 aliphatic carbocycles. The molecule has 0 atom stereocenters. The van der Waals surface area contributed by atoms with Crippen LogP contribution in [0.4, 0.5) is 0 Å². The number of furan rings is 1. The zero-order valence-electron chi connectivity index (χ0n) is 13.0. The SMILES string of the molecule is CCC1(CNS(=O)(=O)c2c(C)oc(C)c2CO)CCCC1. The Bertz CT molecular complexity index is 597. The summed E-state index contributed by atoms with van der Waals surface area (Å²) in [6.07, 6.45) is 5.46. The minimum absolute atomic E-state index is 0.0825. The Morgan fingerprint density at radius 2 is 1.86 bits per heavy atom. The van der Waals surface area contributed by atoms with Gasteiger partial charge in [-0.2, -0.15) is 0 Å². The highest BCUT2D eigenvalue weighted by atomic mass is 32.2. The molecule has 120 valence electrons. The third kappa shape index (κ3) is 3.17. The molecule has 0 saturated heterocycles. The van der Waals surface area contributed by atoms with Crippen LogP contribution in [0.2, 0.25) is 0 Å². The summed E-state index contributed by atoms with van der Waals surface area (Å²) < 4.78 is 33.3. The number of hydrogen-bond donors (Lipinski definition) is 2. The van der Waals surface area contributed by atoms with E-state index in [-0.39, 0.29) is 16.9 Å². The van der Waals surface area contributed by atoms with E-state index in [4.69, 9.17) is 4.42 Å². The van der Waals surface area contributed by atoms with Crippen molar-refractivity contribution in [3.63, 3.8) is 0 Å². The average molecular weight is 315 g/mol. The second kappa shape index (κ2) is 6.10. The van der Waals surface area contributed by atoms with E-state index in [0.717, 1.165) is 19.3 Å². The fourth-order valence-electron chi connectivity index (χ4n) is 3.35. The Kier molecular flexibility index (Phi) is 4.80. The summed E-state index contributed by atoms with van der Waals surface area (Å²) in [7, 11) is -3.65. The van der Waals surface area contributed by atoms with E-state index in [1.54, 1.807) is 13.8 Å². The molecule has 1 fully saturated rings. The molecule has 5 nitrogen and oxygen atoms in total. The summed E-state index contributed by atoms with van der Waals surface area (Å²) in [4.78, 5) is 0.103. The van der Waals surface area contributed by atoms with Crippen LogP contribution in [0, 0.1) is 19.3 Å². The summed E-state index contributed by atoms with van der Waals surface area (Å²) in [5.41, 5.74) is 0.441. The number of rotatable bonds is 6. The molecule has 0 spiro atoms. The van der Waals surface area contributed by atoms with Crippen molar-refractivity contribution in [2.45, 2.75) is 64.4 Å². The molecule has 0 amide bonds. The number of aliphatic hydroxyl groups excluding tert-OH is 1. The van der Waals surface area contributed by atoms with Crippen molar-refractivity contribution < 1.29 is 17.9 Å². The lowest BCUT2D eigenvalue weighted by atomic mass is 9.84. The number of aryl methyl sites for hydroxylation is 2. The molecule has 0 unspecified atom stereocenters. The lowest BCUT2D eigenvalue weighted by Crippen LogP contribution is -2.36. The van der Waals surface area contributed by atoms with Gasteiger partial charge in [0.1, 0.15) is 16.4 Å². The topological polar surface area (TPSA) is 79.5 Å². The van der Waals surface area contributed by atoms with Gasteiger partial charge in [0.2, 0.25) is 10.0 Å². The monoisotopic (exact) mass is 315 g/mol. The van der Waals surface area contributed by atoms with Gasteiger partial charge in [-0.05, 0) is 38.5 Å². The van der Waals surface area contributed by atoms with E-state index < -0.39 is 10.0 Å². The van der Waals surface area contributed by atoms with Crippen molar-refractivity contribution in [1.82, 2.24) is 4.72 Å². The van der Waals surface area contributed by atoms with Crippen molar-refractivity contribution in [1.29, 1.82) is 0 Å². The quantitative estimate of drug-likeness (QED) is 0.846. The zero-order valence-corrected chi connectivity index (χ0v) is 13.8. The van der Waals surface area contributed by atoms with Crippen LogP contribution in [0.25, 0.3) is 0 Å². The van der Waals surface area contributed by atoms with E-state index in [0.29, 0.717) is 23.6 Å². The minimum Gasteiger partial charge on any atom is -0.465 e. The summed E-state index contributed by atoms with van der Waals surface area (Å²) >= 11 is 0. The molecule has 1 aromatic rings. The largest absolute Gasteiger partial charge is 0.465 e. The van der Waals surface area contributed by atoms with E-state index >= 15 is 0 Å². The summed E-state index contributed by atoms with van der Waals surface area (Å²) in [5.74, 6) is 0.794. The number of hydrogen-bond acceptors (Lipinski definition) is 4. The van der Waals surface area contributed by atoms with Crippen LogP contribution in [0.1, 0.15) is 56.1 Å². The van der Waals surface area contributed by atoms with Gasteiger partial charge in [0, 0.05) is 12.1 Å². The average Bonchev–Trinajstić information content (AvgIpc) is 3.01. The van der Waals surface area contributed by atoms with Gasteiger partial charge < -0.3 is 9.52 Å². The molecule has 0 bridgehead atoms. The first-order chi connectivity index (χ1) is 9.85. The maximum Gasteiger partial charge on any atom is 0.244 e. The summed E-state index contributed by atoms with van der Waals surface area (Å²) in [5, 5.41) is 9.40. The molecular formula is C15H25NO4S. The highest BCUT2D eigenvalue weighted by Gasteiger charge is 2.34. The van der Waals surface area contributed by atoms with Crippen LogP contribution in [-0.2, 0) is 16.6 Å². The predicted molar refractivity (Wildman–Crippen MR) is 80.5 cm³/mol. The zero-order chi connectivity index (χ0) is 15.7. The Hall–Kier alpha value is -0.850. The smallest absolute Gasteiger partial charge is 0.244 e. The lowest BCUT2D eigenvalue weighted by molar-refractivity contribution is 0.275. The van der Waals surface area contributed by atoms with Gasteiger partial charge in [-0.15, -0.1) is 0 Å². The molecule has 0 aliphatic heterocycles. The third-order valence-electron chi connectivity index (χ3n) is 4.80. The third-order valence-corrected chi connectivity index (χ3v) is 6.40. The van der Waals surface area contributed by atoms with Gasteiger partial charge in [0.25, 0.3) is 0 Å². The molecule has 1 saturated carbocycles. The van der Waals surface area contributed by atoms with E-state index in [1.807, 2.05) is 0 Å². The van der Waals surface area contributed by atoms with Crippen LogP contribution in [0.5, 0.6) is 0 Å². The molecule has 1 aliphatic rings. The Labute approximate surface area is 126 Å². The van der Waals surface area contributed by atoms with E-state index in [1.165, 1.54) is 12.8 Å². The van der Waals surface area contributed by atoms with E-state index in [2.05, 4.69) is 11.6 Å². The van der Waals surface area contributed by atoms with Crippen molar-refractivity contribution in [3.05, 3.63) is 17.1 Å². The van der Waals surface area contributed by atoms with E-state index in [9.17, 15) is 13.5 Å². The van der Waals surface area contributed by atoms with Gasteiger partial charge in [0.15, 0.2) is 0 Å². The highest BCUT2D eigenvalue weighted by Crippen LogP contribution is 2.40. The van der Waals surface area contributed by atoms with Gasteiger partial charge >= 0.3 is 0 Å². The van der Waals surface area contributed by atoms with Gasteiger partial charge in [0.05, 0.1) is 6.61 Å². The fraction of sp³-hybridized carbons (Fsp3) is 0.733. The van der Waals surface area contributed by atoms with Crippen LogP contribution in [0.3, 0.4) is 0 Å². The van der Waals surface area contributed by atoms with Gasteiger partial charge in [-0.1, -0.05) is 19.8 Å². The second-order valence-corrected chi connectivity index (χ2v) is 7.77. The van der Waals surface area contributed by atoms with Crippen LogP contribution >= 0.6 is 0 Å². The molecule has 1 aromatic heterocycles. The second-order valence-electron chi connectivity index (χ2n) is 6.07. The predicted octanol–water partition coefficient (Wildman–Crippen LogP) is 2.64. The maximum absolute atomic E-state index is 12.6. The van der Waals surface area contributed by atoms with Crippen molar-refractivity contribution >= 4 is 10.0 Å². The molecule has 1 heterocycles. The molecule has 6 heteroatoms. The minimum atomic E-state index is -3.65. The molecule has 0 radical (unpaired) electrons. The fourth-order valence-corrected chi connectivity index (χ4v) is 4.94. The first-order valence-corrected chi connectivity index (χ1v) is 9.03. The molecule has 21 heavy (non-hydrogen) atoms. The Morgan fingerprint density at radius 1 is 1.24 bits per heavy atom. The molecular weight excluding hydrogens is 290 g/mol. The summed E-state index contributed by atoms with van der Waals surface area (Å²) in [6.45, 7) is 5.53. The van der Waals surface area contributed by atoms with Crippen LogP contribution in [0.15, 0.2) is 9.31 Å². The molecule has 2 N–H and O–H groups in total. The number of aliphatic hydroxyl groups is 1. The number of nitrogens with one attached hydrogen (secondary N) is 1. The van der Waals surface area contributed by atoms with Crippen molar-refractivity contribution in [3.8, 4) is 0 Å². The first-order valence-electron chi connectivity index (χ1n) is 7.54. The summed E-state index contributed by atoms with van der Waals surface area (Å²) in [6, 6.07) is 0. The lowest BCUT2D eigenvalue weighted by Gasteiger charge is -2.27. The Morgan fingerprint density at radius 3 is 2.38 bits per heavy atom. The number of sulfonamides is 1. The highest BCUT2D eigenvalue weighted by molar-refractivity contribution is 7.89. The van der Waals surface area contributed by atoms with Gasteiger partial charge in [-0.3, -0.25) is 0 Å². The Balaban J connectivity index is 2.23. The maximum atomic E-state index is 12.6.